The summed E-state index contributed by atoms with van der Waals surface area (Å²) in [6.07, 6.45) is 0.411. The van der Waals surface area contributed by atoms with Crippen molar-refractivity contribution < 1.29 is 18.4 Å². The highest BCUT2D eigenvalue weighted by atomic mass is 32.2. The van der Waals surface area contributed by atoms with Crippen molar-refractivity contribution >= 4 is 29.3 Å². The fourth-order valence-corrected chi connectivity index (χ4v) is 2.70. The number of hydrogen-bond donors (Lipinski definition) is 2. The average molecular weight is 364 g/mol. The second-order valence-electron chi connectivity index (χ2n) is 5.24. The molecule has 0 atom stereocenters. The van der Waals surface area contributed by atoms with Gasteiger partial charge in [-0.3, -0.25) is 9.59 Å². The van der Waals surface area contributed by atoms with Crippen molar-refractivity contribution in [3.63, 3.8) is 0 Å². The molecule has 25 heavy (non-hydrogen) atoms. The van der Waals surface area contributed by atoms with Crippen molar-refractivity contribution in [3.8, 4) is 0 Å². The van der Waals surface area contributed by atoms with Gasteiger partial charge in [0.2, 0.25) is 11.8 Å². The second-order valence-corrected chi connectivity index (χ2v) is 6.22. The molecule has 7 heteroatoms. The zero-order valence-electron chi connectivity index (χ0n) is 13.4. The number of amides is 2. The number of benzene rings is 2. The number of anilines is 1. The zero-order chi connectivity index (χ0) is 18.1. The first-order valence-corrected chi connectivity index (χ1v) is 8.83. The molecule has 0 radical (unpaired) electrons. The maximum absolute atomic E-state index is 13.4. The first kappa shape index (κ1) is 18.9. The number of carbonyl (C=O) groups is 2. The molecule has 0 saturated heterocycles. The first-order valence-electron chi connectivity index (χ1n) is 7.68. The monoisotopic (exact) mass is 364 g/mol. The lowest BCUT2D eigenvalue weighted by Crippen LogP contribution is -2.28. The SMILES string of the molecule is O=C(CSCC(=O)Nc1ccc(F)cc1)NCCc1ccccc1F. The Morgan fingerprint density at radius 2 is 1.60 bits per heavy atom. The second kappa shape index (κ2) is 9.78. The fourth-order valence-electron chi connectivity index (χ4n) is 2.06. The van der Waals surface area contributed by atoms with Crippen LogP contribution in [-0.4, -0.2) is 29.9 Å². The summed E-state index contributed by atoms with van der Waals surface area (Å²) in [5, 5.41) is 5.30. The number of carbonyl (C=O) groups excluding carboxylic acids is 2. The van der Waals surface area contributed by atoms with Gasteiger partial charge in [-0.1, -0.05) is 18.2 Å². The molecule has 0 aliphatic carbocycles. The van der Waals surface area contributed by atoms with Gasteiger partial charge >= 0.3 is 0 Å². The van der Waals surface area contributed by atoms with Crippen LogP contribution in [0.3, 0.4) is 0 Å². The van der Waals surface area contributed by atoms with Crippen LogP contribution in [0.25, 0.3) is 0 Å². The topological polar surface area (TPSA) is 58.2 Å². The molecule has 0 spiro atoms. The third-order valence-electron chi connectivity index (χ3n) is 3.27. The van der Waals surface area contributed by atoms with Gasteiger partial charge in [-0.2, -0.15) is 0 Å². The molecular weight excluding hydrogens is 346 g/mol. The Labute approximate surface area is 149 Å². The molecule has 2 rings (SSSR count). The molecule has 2 aromatic rings. The van der Waals surface area contributed by atoms with E-state index >= 15 is 0 Å². The van der Waals surface area contributed by atoms with E-state index < -0.39 is 0 Å². The van der Waals surface area contributed by atoms with E-state index in [1.165, 1.54) is 42.1 Å². The van der Waals surface area contributed by atoms with E-state index in [4.69, 9.17) is 0 Å². The molecule has 0 saturated carbocycles. The zero-order valence-corrected chi connectivity index (χ0v) is 14.2. The Balaban J connectivity index is 1.61. The average Bonchev–Trinajstić information content (AvgIpc) is 2.59. The molecular formula is C18H18F2N2O2S. The lowest BCUT2D eigenvalue weighted by Gasteiger charge is -2.07. The van der Waals surface area contributed by atoms with Crippen LogP contribution in [-0.2, 0) is 16.0 Å². The highest BCUT2D eigenvalue weighted by Crippen LogP contribution is 2.09. The largest absolute Gasteiger partial charge is 0.355 e. The standard InChI is InChI=1S/C18H18F2N2O2S/c19-14-5-7-15(8-6-14)22-18(24)12-25-11-17(23)21-10-9-13-3-1-2-4-16(13)20/h1-8H,9-12H2,(H,21,23)(H,22,24). The van der Waals surface area contributed by atoms with Gasteiger partial charge in [0, 0.05) is 12.2 Å². The van der Waals surface area contributed by atoms with Crippen LogP contribution in [0.5, 0.6) is 0 Å². The third kappa shape index (κ3) is 6.93. The summed E-state index contributed by atoms with van der Waals surface area (Å²) in [5.74, 6) is -0.902. The summed E-state index contributed by atoms with van der Waals surface area (Å²) in [7, 11) is 0. The molecule has 0 aliphatic heterocycles. The number of rotatable bonds is 8. The summed E-state index contributed by atoms with van der Waals surface area (Å²) in [6.45, 7) is 0.335. The lowest BCUT2D eigenvalue weighted by molar-refractivity contribution is -0.118. The smallest absolute Gasteiger partial charge is 0.234 e. The Morgan fingerprint density at radius 1 is 0.920 bits per heavy atom. The van der Waals surface area contributed by atoms with E-state index in [2.05, 4.69) is 10.6 Å². The number of hydrogen-bond acceptors (Lipinski definition) is 3. The lowest BCUT2D eigenvalue weighted by atomic mass is 10.1. The predicted molar refractivity (Wildman–Crippen MR) is 95.5 cm³/mol. The highest BCUT2D eigenvalue weighted by molar-refractivity contribution is 8.00. The third-order valence-corrected chi connectivity index (χ3v) is 4.20. The van der Waals surface area contributed by atoms with Crippen molar-refractivity contribution in [2.45, 2.75) is 6.42 Å². The van der Waals surface area contributed by atoms with Crippen LogP contribution >= 0.6 is 11.8 Å². The fraction of sp³-hybridized carbons (Fsp3) is 0.222. The molecule has 0 unspecified atom stereocenters. The Morgan fingerprint density at radius 3 is 2.32 bits per heavy atom. The minimum atomic E-state index is -0.376. The maximum Gasteiger partial charge on any atom is 0.234 e. The van der Waals surface area contributed by atoms with Gasteiger partial charge < -0.3 is 10.6 Å². The molecule has 132 valence electrons. The van der Waals surface area contributed by atoms with Crippen LogP contribution in [0.2, 0.25) is 0 Å². The molecule has 0 aliphatic rings. The van der Waals surface area contributed by atoms with Gasteiger partial charge in [0.1, 0.15) is 11.6 Å². The highest BCUT2D eigenvalue weighted by Gasteiger charge is 2.07. The molecule has 0 fully saturated rings. The van der Waals surface area contributed by atoms with E-state index in [1.54, 1.807) is 18.2 Å². The van der Waals surface area contributed by atoms with Crippen molar-refractivity contribution in [2.75, 3.05) is 23.4 Å². The number of nitrogens with one attached hydrogen (secondary N) is 2. The molecule has 2 amide bonds. The van der Waals surface area contributed by atoms with Crippen LogP contribution in [0.15, 0.2) is 48.5 Å². The molecule has 0 heterocycles. The van der Waals surface area contributed by atoms with Crippen molar-refractivity contribution in [1.82, 2.24) is 5.32 Å². The summed E-state index contributed by atoms with van der Waals surface area (Å²) in [6, 6.07) is 11.9. The van der Waals surface area contributed by atoms with E-state index in [1.807, 2.05) is 0 Å². The number of thioether (sulfide) groups is 1. The van der Waals surface area contributed by atoms with Gasteiger partial charge in [-0.05, 0) is 42.3 Å². The molecule has 2 N–H and O–H groups in total. The van der Waals surface area contributed by atoms with Gasteiger partial charge in [0.05, 0.1) is 11.5 Å². The summed E-state index contributed by atoms with van der Waals surface area (Å²) >= 11 is 1.17. The Kier molecular flexibility index (Phi) is 7.40. The van der Waals surface area contributed by atoms with Gasteiger partial charge in [0.25, 0.3) is 0 Å². The summed E-state index contributed by atoms with van der Waals surface area (Å²) in [4.78, 5) is 23.4. The van der Waals surface area contributed by atoms with Crippen molar-refractivity contribution in [3.05, 3.63) is 65.7 Å². The summed E-state index contributed by atoms with van der Waals surface area (Å²) in [5.41, 5.74) is 1.05. The molecule has 2 aromatic carbocycles. The van der Waals surface area contributed by atoms with E-state index in [-0.39, 0.29) is 35.0 Å². The first-order chi connectivity index (χ1) is 12.0. The molecule has 0 bridgehead atoms. The minimum absolute atomic E-state index is 0.109. The van der Waals surface area contributed by atoms with Gasteiger partial charge in [-0.25, -0.2) is 8.78 Å². The number of halogens is 2. The summed E-state index contributed by atoms with van der Waals surface area (Å²) < 4.78 is 26.2. The van der Waals surface area contributed by atoms with E-state index in [9.17, 15) is 18.4 Å². The molecule has 0 aromatic heterocycles. The van der Waals surface area contributed by atoms with Crippen LogP contribution in [0.1, 0.15) is 5.56 Å². The normalized spacial score (nSPS) is 10.3. The quantitative estimate of drug-likeness (QED) is 0.757. The van der Waals surface area contributed by atoms with E-state index in [0.717, 1.165) is 0 Å². The van der Waals surface area contributed by atoms with Crippen LogP contribution in [0.4, 0.5) is 14.5 Å². The van der Waals surface area contributed by atoms with Crippen LogP contribution < -0.4 is 10.6 Å². The maximum atomic E-state index is 13.4. The van der Waals surface area contributed by atoms with Crippen molar-refractivity contribution in [2.24, 2.45) is 0 Å². The van der Waals surface area contributed by atoms with E-state index in [0.29, 0.717) is 24.2 Å². The Bertz CT molecular complexity index is 723. The molecule has 4 nitrogen and oxygen atoms in total. The Hall–Kier alpha value is -2.41. The minimum Gasteiger partial charge on any atom is -0.355 e. The van der Waals surface area contributed by atoms with Gasteiger partial charge in [-0.15, -0.1) is 11.8 Å². The van der Waals surface area contributed by atoms with Crippen molar-refractivity contribution in [1.29, 1.82) is 0 Å². The van der Waals surface area contributed by atoms with Crippen LogP contribution in [0, 0.1) is 11.6 Å². The predicted octanol–water partition coefficient (Wildman–Crippen LogP) is 3.00. The van der Waals surface area contributed by atoms with Gasteiger partial charge in [0.15, 0.2) is 0 Å².